The average Bonchev–Trinajstić information content (AvgIpc) is 2.87. The number of hydrogen-bond acceptors (Lipinski definition) is 2. The van der Waals surface area contributed by atoms with Crippen LogP contribution in [-0.4, -0.2) is 13.7 Å². The van der Waals surface area contributed by atoms with Crippen molar-refractivity contribution in [2.45, 2.75) is 23.0 Å². The second-order valence-electron chi connectivity index (χ2n) is 3.39. The SMILES string of the molecule is [CH2]c1ccc(S(=O)(=O)C2CC2)cc1. The molecular weight excluding hydrogens is 184 g/mol. The van der Waals surface area contributed by atoms with E-state index in [9.17, 15) is 8.42 Å². The highest BCUT2D eigenvalue weighted by atomic mass is 32.2. The summed E-state index contributed by atoms with van der Waals surface area (Å²) in [5, 5.41) is -0.122. The largest absolute Gasteiger partial charge is 0.223 e. The van der Waals surface area contributed by atoms with Crippen LogP contribution < -0.4 is 0 Å². The molecule has 1 radical (unpaired) electrons. The van der Waals surface area contributed by atoms with Crippen LogP contribution in [0.4, 0.5) is 0 Å². The van der Waals surface area contributed by atoms with Gasteiger partial charge in [-0.15, -0.1) is 0 Å². The van der Waals surface area contributed by atoms with E-state index in [0.29, 0.717) is 4.90 Å². The molecule has 1 aromatic carbocycles. The first-order valence-corrected chi connectivity index (χ1v) is 5.81. The van der Waals surface area contributed by atoms with E-state index >= 15 is 0 Å². The Labute approximate surface area is 78.5 Å². The van der Waals surface area contributed by atoms with Crippen LogP contribution in [0.1, 0.15) is 18.4 Å². The zero-order valence-corrected chi connectivity index (χ0v) is 8.05. The van der Waals surface area contributed by atoms with Crippen molar-refractivity contribution in [2.24, 2.45) is 0 Å². The van der Waals surface area contributed by atoms with Gasteiger partial charge in [0.2, 0.25) is 0 Å². The quantitative estimate of drug-likeness (QED) is 0.721. The topological polar surface area (TPSA) is 34.1 Å². The van der Waals surface area contributed by atoms with Gasteiger partial charge < -0.3 is 0 Å². The van der Waals surface area contributed by atoms with E-state index in [1.54, 1.807) is 24.3 Å². The van der Waals surface area contributed by atoms with E-state index in [0.717, 1.165) is 18.4 Å². The minimum absolute atomic E-state index is 0.122. The molecule has 0 N–H and O–H groups in total. The summed E-state index contributed by atoms with van der Waals surface area (Å²) in [4.78, 5) is 0.433. The molecule has 2 rings (SSSR count). The molecule has 0 atom stereocenters. The van der Waals surface area contributed by atoms with Crippen molar-refractivity contribution in [3.8, 4) is 0 Å². The Morgan fingerprint density at radius 2 is 1.69 bits per heavy atom. The predicted octanol–water partition coefficient (Wildman–Crippen LogP) is 1.80. The highest BCUT2D eigenvalue weighted by Gasteiger charge is 2.36. The fourth-order valence-electron chi connectivity index (χ4n) is 1.25. The van der Waals surface area contributed by atoms with Crippen molar-refractivity contribution in [2.75, 3.05) is 0 Å². The standard InChI is InChI=1S/C10H11O2S/c1-8-2-4-9(5-3-8)13(11,12)10-6-7-10/h2-5,10H,1,6-7H2. The summed E-state index contributed by atoms with van der Waals surface area (Å²) in [7, 11) is -3.01. The Morgan fingerprint density at radius 3 is 2.15 bits per heavy atom. The third-order valence-electron chi connectivity index (χ3n) is 2.22. The maximum atomic E-state index is 11.7. The molecule has 2 nitrogen and oxygen atoms in total. The van der Waals surface area contributed by atoms with Crippen LogP contribution >= 0.6 is 0 Å². The number of rotatable bonds is 2. The first-order chi connectivity index (χ1) is 6.10. The maximum Gasteiger partial charge on any atom is 0.181 e. The number of benzene rings is 1. The molecule has 1 saturated carbocycles. The first kappa shape index (κ1) is 8.75. The van der Waals surface area contributed by atoms with Crippen molar-refractivity contribution in [3.05, 3.63) is 36.8 Å². The van der Waals surface area contributed by atoms with Gasteiger partial charge in [-0.1, -0.05) is 12.1 Å². The summed E-state index contributed by atoms with van der Waals surface area (Å²) in [6, 6.07) is 6.73. The van der Waals surface area contributed by atoms with Crippen molar-refractivity contribution in [1.29, 1.82) is 0 Å². The number of hydrogen-bond donors (Lipinski definition) is 0. The molecule has 0 aromatic heterocycles. The molecule has 1 aliphatic rings. The highest BCUT2D eigenvalue weighted by molar-refractivity contribution is 7.92. The molecule has 0 saturated heterocycles. The van der Waals surface area contributed by atoms with E-state index in [4.69, 9.17) is 0 Å². The van der Waals surface area contributed by atoms with Crippen LogP contribution in [0.15, 0.2) is 29.2 Å². The fraction of sp³-hybridized carbons (Fsp3) is 0.300. The Balaban J connectivity index is 2.40. The van der Waals surface area contributed by atoms with Gasteiger partial charge in [0.05, 0.1) is 10.1 Å². The summed E-state index contributed by atoms with van der Waals surface area (Å²) < 4.78 is 23.4. The normalized spacial score (nSPS) is 17.3. The fourth-order valence-corrected chi connectivity index (χ4v) is 2.91. The first-order valence-electron chi connectivity index (χ1n) is 4.26. The lowest BCUT2D eigenvalue weighted by Gasteiger charge is -2.01. The van der Waals surface area contributed by atoms with Crippen molar-refractivity contribution in [1.82, 2.24) is 0 Å². The van der Waals surface area contributed by atoms with Gasteiger partial charge in [-0.3, -0.25) is 0 Å². The molecule has 1 aliphatic carbocycles. The molecule has 1 aromatic rings. The number of sulfone groups is 1. The van der Waals surface area contributed by atoms with Gasteiger partial charge in [-0.25, -0.2) is 8.42 Å². The Hall–Kier alpha value is -0.830. The summed E-state index contributed by atoms with van der Waals surface area (Å²) in [6.45, 7) is 3.71. The van der Waals surface area contributed by atoms with Crippen molar-refractivity contribution >= 4 is 9.84 Å². The van der Waals surface area contributed by atoms with Crippen LogP contribution in [-0.2, 0) is 9.84 Å². The smallest absolute Gasteiger partial charge is 0.181 e. The van der Waals surface area contributed by atoms with E-state index in [2.05, 4.69) is 6.92 Å². The molecule has 0 spiro atoms. The molecule has 0 bridgehead atoms. The molecular formula is C10H11O2S. The Bertz CT molecular complexity index is 399. The third kappa shape index (κ3) is 1.61. The van der Waals surface area contributed by atoms with Crippen LogP contribution in [0.5, 0.6) is 0 Å². The minimum atomic E-state index is -3.01. The second kappa shape index (κ2) is 2.84. The van der Waals surface area contributed by atoms with Crippen molar-refractivity contribution in [3.63, 3.8) is 0 Å². The van der Waals surface area contributed by atoms with E-state index in [1.807, 2.05) is 0 Å². The monoisotopic (exact) mass is 195 g/mol. The summed E-state index contributed by atoms with van der Waals surface area (Å²) in [5.41, 5.74) is 0.842. The molecule has 0 amide bonds. The van der Waals surface area contributed by atoms with Gasteiger partial charge in [0.1, 0.15) is 0 Å². The third-order valence-corrected chi connectivity index (χ3v) is 4.49. The second-order valence-corrected chi connectivity index (χ2v) is 5.62. The van der Waals surface area contributed by atoms with Gasteiger partial charge >= 0.3 is 0 Å². The van der Waals surface area contributed by atoms with E-state index < -0.39 is 9.84 Å². The Morgan fingerprint density at radius 1 is 1.15 bits per heavy atom. The van der Waals surface area contributed by atoms with Gasteiger partial charge in [-0.05, 0) is 37.5 Å². The molecule has 13 heavy (non-hydrogen) atoms. The van der Waals surface area contributed by atoms with Crippen LogP contribution in [0.25, 0.3) is 0 Å². The average molecular weight is 195 g/mol. The van der Waals surface area contributed by atoms with Crippen LogP contribution in [0, 0.1) is 6.92 Å². The molecule has 69 valence electrons. The van der Waals surface area contributed by atoms with Crippen molar-refractivity contribution < 1.29 is 8.42 Å². The minimum Gasteiger partial charge on any atom is -0.223 e. The van der Waals surface area contributed by atoms with Crippen LogP contribution in [0.2, 0.25) is 0 Å². The molecule has 3 heteroatoms. The molecule has 0 aliphatic heterocycles. The lowest BCUT2D eigenvalue weighted by molar-refractivity contribution is 0.595. The summed E-state index contributed by atoms with van der Waals surface area (Å²) >= 11 is 0. The zero-order valence-electron chi connectivity index (χ0n) is 7.23. The molecule has 0 unspecified atom stereocenters. The summed E-state index contributed by atoms with van der Waals surface area (Å²) in [6.07, 6.45) is 1.63. The summed E-state index contributed by atoms with van der Waals surface area (Å²) in [5.74, 6) is 0. The van der Waals surface area contributed by atoms with Gasteiger partial charge in [0.15, 0.2) is 9.84 Å². The van der Waals surface area contributed by atoms with Gasteiger partial charge in [0, 0.05) is 0 Å². The predicted molar refractivity (Wildman–Crippen MR) is 51.1 cm³/mol. The highest BCUT2D eigenvalue weighted by Crippen LogP contribution is 2.33. The van der Waals surface area contributed by atoms with Gasteiger partial charge in [0.25, 0.3) is 0 Å². The zero-order chi connectivity index (χ0) is 9.47. The van der Waals surface area contributed by atoms with Crippen LogP contribution in [0.3, 0.4) is 0 Å². The Kier molecular flexibility index (Phi) is 1.91. The lowest BCUT2D eigenvalue weighted by Crippen LogP contribution is -2.06. The lowest BCUT2D eigenvalue weighted by atomic mass is 10.2. The van der Waals surface area contributed by atoms with Gasteiger partial charge in [-0.2, -0.15) is 0 Å². The van der Waals surface area contributed by atoms with E-state index in [-0.39, 0.29) is 5.25 Å². The van der Waals surface area contributed by atoms with E-state index in [1.165, 1.54) is 0 Å². The maximum absolute atomic E-state index is 11.7. The molecule has 0 heterocycles. The molecule has 1 fully saturated rings.